The van der Waals surface area contributed by atoms with Gasteiger partial charge >= 0.3 is 0 Å². The van der Waals surface area contributed by atoms with E-state index in [2.05, 4.69) is 10.0 Å². The van der Waals surface area contributed by atoms with Gasteiger partial charge in [-0.05, 0) is 30.5 Å². The number of benzene rings is 1. The fraction of sp³-hybridized carbons (Fsp3) is 0.538. The van der Waals surface area contributed by atoms with Crippen LogP contribution in [0.5, 0.6) is 0 Å². The van der Waals surface area contributed by atoms with Crippen molar-refractivity contribution in [1.29, 1.82) is 0 Å². The summed E-state index contributed by atoms with van der Waals surface area (Å²) in [6.07, 6.45) is 1.82. The van der Waals surface area contributed by atoms with Gasteiger partial charge in [-0.25, -0.2) is 13.1 Å². The van der Waals surface area contributed by atoms with Crippen LogP contribution in [0.1, 0.15) is 32.3 Å². The molecule has 0 atom stereocenters. The van der Waals surface area contributed by atoms with E-state index in [-0.39, 0.29) is 16.0 Å². The molecule has 1 aromatic carbocycles. The Morgan fingerprint density at radius 2 is 2.05 bits per heavy atom. The standard InChI is InChI=1S/C13H19ClN2O2S/c1-9(2)15-8-10-3-6-12(14)13(7-10)19(17,18)16-11-4-5-11/h3,6-7,9,11,15-16H,4-5,8H2,1-2H3. The Hall–Kier alpha value is -0.620. The lowest BCUT2D eigenvalue weighted by Gasteiger charge is -2.11. The predicted molar refractivity (Wildman–Crippen MR) is 76.8 cm³/mol. The highest BCUT2D eigenvalue weighted by Gasteiger charge is 2.29. The lowest BCUT2D eigenvalue weighted by Crippen LogP contribution is -2.26. The summed E-state index contributed by atoms with van der Waals surface area (Å²) in [6, 6.07) is 5.55. The number of nitrogens with one attached hydrogen (secondary N) is 2. The Morgan fingerprint density at radius 1 is 1.37 bits per heavy atom. The highest BCUT2D eigenvalue weighted by atomic mass is 35.5. The molecule has 0 unspecified atom stereocenters. The second-order valence-corrected chi connectivity index (χ2v) is 7.29. The Kier molecular flexibility index (Phi) is 4.50. The fourth-order valence-electron chi connectivity index (χ4n) is 1.67. The van der Waals surface area contributed by atoms with E-state index in [9.17, 15) is 8.42 Å². The van der Waals surface area contributed by atoms with Gasteiger partial charge in [0.05, 0.1) is 5.02 Å². The Balaban J connectivity index is 2.20. The van der Waals surface area contributed by atoms with E-state index in [1.54, 1.807) is 12.1 Å². The molecule has 0 radical (unpaired) electrons. The highest BCUT2D eigenvalue weighted by molar-refractivity contribution is 7.89. The lowest BCUT2D eigenvalue weighted by molar-refractivity contribution is 0.578. The number of sulfonamides is 1. The zero-order valence-electron chi connectivity index (χ0n) is 11.1. The largest absolute Gasteiger partial charge is 0.310 e. The topological polar surface area (TPSA) is 58.2 Å². The average Bonchev–Trinajstić information content (AvgIpc) is 3.10. The van der Waals surface area contributed by atoms with Crippen molar-refractivity contribution < 1.29 is 8.42 Å². The van der Waals surface area contributed by atoms with Crippen LogP contribution in [-0.4, -0.2) is 20.5 Å². The molecule has 0 aliphatic heterocycles. The van der Waals surface area contributed by atoms with Gasteiger partial charge in [0.15, 0.2) is 0 Å². The third kappa shape index (κ3) is 4.18. The molecule has 19 heavy (non-hydrogen) atoms. The molecule has 4 nitrogen and oxygen atoms in total. The minimum absolute atomic E-state index is 0.0820. The van der Waals surface area contributed by atoms with E-state index < -0.39 is 10.0 Å². The molecule has 1 aliphatic rings. The van der Waals surface area contributed by atoms with E-state index >= 15 is 0 Å². The summed E-state index contributed by atoms with van der Waals surface area (Å²) in [5, 5.41) is 3.52. The molecule has 0 amide bonds. The van der Waals surface area contributed by atoms with Crippen molar-refractivity contribution in [3.63, 3.8) is 0 Å². The minimum Gasteiger partial charge on any atom is -0.310 e. The first-order valence-corrected chi connectivity index (χ1v) is 8.29. The second kappa shape index (κ2) is 5.79. The zero-order chi connectivity index (χ0) is 14.0. The molecule has 0 saturated heterocycles. The van der Waals surface area contributed by atoms with E-state index in [0.29, 0.717) is 12.6 Å². The zero-order valence-corrected chi connectivity index (χ0v) is 12.7. The normalized spacial score (nSPS) is 16.0. The van der Waals surface area contributed by atoms with Crippen LogP contribution in [-0.2, 0) is 16.6 Å². The molecule has 0 aromatic heterocycles. The molecule has 1 fully saturated rings. The fourth-order valence-corrected chi connectivity index (χ4v) is 3.52. The average molecular weight is 303 g/mol. The molecule has 1 saturated carbocycles. The van der Waals surface area contributed by atoms with Crippen LogP contribution in [0.15, 0.2) is 23.1 Å². The molecular weight excluding hydrogens is 284 g/mol. The molecule has 0 heterocycles. The Morgan fingerprint density at radius 3 is 2.63 bits per heavy atom. The maximum atomic E-state index is 12.2. The van der Waals surface area contributed by atoms with Gasteiger partial charge in [-0.2, -0.15) is 0 Å². The predicted octanol–water partition coefficient (Wildman–Crippen LogP) is 2.28. The number of hydrogen-bond acceptors (Lipinski definition) is 3. The monoisotopic (exact) mass is 302 g/mol. The summed E-state index contributed by atoms with van der Waals surface area (Å²) >= 11 is 6.01. The lowest BCUT2D eigenvalue weighted by atomic mass is 10.2. The first kappa shape index (κ1) is 14.8. The molecule has 1 aliphatic carbocycles. The van der Waals surface area contributed by atoms with Gasteiger partial charge in [0.25, 0.3) is 0 Å². The molecule has 2 N–H and O–H groups in total. The van der Waals surface area contributed by atoms with Gasteiger partial charge in [-0.15, -0.1) is 0 Å². The van der Waals surface area contributed by atoms with E-state index in [1.807, 2.05) is 19.9 Å². The van der Waals surface area contributed by atoms with Crippen LogP contribution in [0.3, 0.4) is 0 Å². The van der Waals surface area contributed by atoms with Gasteiger partial charge in [0, 0.05) is 18.6 Å². The van der Waals surface area contributed by atoms with E-state index in [0.717, 1.165) is 18.4 Å². The van der Waals surface area contributed by atoms with Crippen LogP contribution in [0.25, 0.3) is 0 Å². The van der Waals surface area contributed by atoms with Crippen LogP contribution in [0.4, 0.5) is 0 Å². The van der Waals surface area contributed by atoms with Gasteiger partial charge in [0.1, 0.15) is 4.90 Å². The van der Waals surface area contributed by atoms with Crippen molar-refractivity contribution in [2.45, 2.75) is 50.2 Å². The maximum absolute atomic E-state index is 12.2. The van der Waals surface area contributed by atoms with Gasteiger partial charge in [0.2, 0.25) is 10.0 Å². The Bertz CT molecular complexity index is 554. The Labute approximate surface area is 119 Å². The van der Waals surface area contributed by atoms with Gasteiger partial charge < -0.3 is 5.32 Å². The van der Waals surface area contributed by atoms with E-state index in [1.165, 1.54) is 0 Å². The third-order valence-electron chi connectivity index (χ3n) is 2.90. The minimum atomic E-state index is -3.50. The van der Waals surface area contributed by atoms with Crippen molar-refractivity contribution in [1.82, 2.24) is 10.0 Å². The molecular formula is C13H19ClN2O2S. The van der Waals surface area contributed by atoms with Crippen LogP contribution < -0.4 is 10.0 Å². The molecule has 6 heteroatoms. The van der Waals surface area contributed by atoms with Crippen molar-refractivity contribution in [2.24, 2.45) is 0 Å². The smallest absolute Gasteiger partial charge is 0.242 e. The number of hydrogen-bond donors (Lipinski definition) is 2. The number of halogens is 1. The molecule has 1 aromatic rings. The summed E-state index contributed by atoms with van der Waals surface area (Å²) in [4.78, 5) is 0.170. The van der Waals surface area contributed by atoms with Crippen molar-refractivity contribution in [2.75, 3.05) is 0 Å². The SMILES string of the molecule is CC(C)NCc1ccc(Cl)c(S(=O)(=O)NC2CC2)c1. The molecule has 0 spiro atoms. The summed E-state index contributed by atoms with van der Waals surface area (Å²) < 4.78 is 27.0. The summed E-state index contributed by atoms with van der Waals surface area (Å²) in [6.45, 7) is 4.71. The number of rotatable bonds is 6. The van der Waals surface area contributed by atoms with Crippen molar-refractivity contribution in [3.05, 3.63) is 28.8 Å². The van der Waals surface area contributed by atoms with Crippen LogP contribution in [0.2, 0.25) is 5.02 Å². The van der Waals surface area contributed by atoms with Crippen LogP contribution >= 0.6 is 11.6 Å². The van der Waals surface area contributed by atoms with Gasteiger partial charge in [-0.1, -0.05) is 31.5 Å². The molecule has 2 rings (SSSR count). The summed E-state index contributed by atoms with van der Waals surface area (Å²) in [5.41, 5.74) is 0.911. The first-order valence-electron chi connectivity index (χ1n) is 6.42. The summed E-state index contributed by atoms with van der Waals surface area (Å²) in [7, 11) is -3.50. The van der Waals surface area contributed by atoms with Crippen molar-refractivity contribution >= 4 is 21.6 Å². The maximum Gasteiger partial charge on any atom is 0.242 e. The summed E-state index contributed by atoms with van der Waals surface area (Å²) in [5.74, 6) is 0. The molecule has 106 valence electrons. The quantitative estimate of drug-likeness (QED) is 0.847. The first-order chi connectivity index (χ1) is 8.88. The molecule has 0 bridgehead atoms. The highest BCUT2D eigenvalue weighted by Crippen LogP contribution is 2.26. The van der Waals surface area contributed by atoms with Crippen molar-refractivity contribution in [3.8, 4) is 0 Å². The van der Waals surface area contributed by atoms with Crippen LogP contribution in [0, 0.1) is 0 Å². The van der Waals surface area contributed by atoms with E-state index in [4.69, 9.17) is 11.6 Å². The second-order valence-electron chi connectivity index (χ2n) is 5.20. The van der Waals surface area contributed by atoms with Gasteiger partial charge in [-0.3, -0.25) is 0 Å². The third-order valence-corrected chi connectivity index (χ3v) is 4.90.